The van der Waals surface area contributed by atoms with Crippen LogP contribution in [-0.4, -0.2) is 43.5 Å². The number of carbonyl (C=O) groups excluding carboxylic acids is 3. The zero-order chi connectivity index (χ0) is 23.4. The van der Waals surface area contributed by atoms with Gasteiger partial charge in [-0.2, -0.15) is 0 Å². The van der Waals surface area contributed by atoms with Crippen molar-refractivity contribution in [3.05, 3.63) is 51.5 Å². The zero-order valence-corrected chi connectivity index (χ0v) is 17.4. The van der Waals surface area contributed by atoms with E-state index >= 15 is 0 Å². The third-order valence-electron chi connectivity index (χ3n) is 6.54. The number of carbonyl (C=O) groups is 3. The second kappa shape index (κ2) is 7.53. The number of phenols is 1. The molecule has 4 rings (SSSR count). The molecule has 0 radical (unpaired) electrons. The minimum atomic E-state index is -2.55. The summed E-state index contributed by atoms with van der Waals surface area (Å²) in [5.74, 6) is -0.312. The van der Waals surface area contributed by atoms with Crippen LogP contribution in [0.3, 0.4) is 0 Å². The molecule has 0 unspecified atom stereocenters. The molecule has 8 nitrogen and oxygen atoms in total. The van der Waals surface area contributed by atoms with E-state index in [4.69, 9.17) is 5.73 Å². The van der Waals surface area contributed by atoms with Gasteiger partial charge in [0, 0.05) is 29.9 Å². The summed E-state index contributed by atoms with van der Waals surface area (Å²) < 4.78 is 0. The fourth-order valence-electron chi connectivity index (χ4n) is 5.02. The van der Waals surface area contributed by atoms with Gasteiger partial charge in [-0.15, -0.1) is 0 Å². The summed E-state index contributed by atoms with van der Waals surface area (Å²) in [5.41, 5.74) is 2.79. The maximum Gasteiger partial charge on any atom is 0.255 e. The average Bonchev–Trinajstić information content (AvgIpc) is 2.72. The molecule has 32 heavy (non-hydrogen) atoms. The van der Waals surface area contributed by atoms with Crippen molar-refractivity contribution in [3.63, 3.8) is 0 Å². The first-order chi connectivity index (χ1) is 15.1. The third kappa shape index (κ3) is 2.93. The Bertz CT molecular complexity index is 1200. The van der Waals surface area contributed by atoms with Crippen LogP contribution in [0, 0.1) is 23.7 Å². The Morgan fingerprint density at radius 1 is 1.22 bits per heavy atom. The molecule has 8 heteroatoms. The summed E-state index contributed by atoms with van der Waals surface area (Å²) in [4.78, 5) is 37.9. The topological polar surface area (TPSA) is 158 Å². The third-order valence-corrected chi connectivity index (χ3v) is 6.54. The maximum absolute atomic E-state index is 13.4. The highest BCUT2D eigenvalue weighted by molar-refractivity contribution is 6.24. The number of nitrogens with two attached hydrogens (primary N) is 1. The quantitative estimate of drug-likeness (QED) is 0.348. The van der Waals surface area contributed by atoms with Crippen LogP contribution in [0.5, 0.6) is 5.75 Å². The Morgan fingerprint density at radius 2 is 1.94 bits per heavy atom. The molecule has 1 aromatic rings. The number of rotatable bonds is 2. The van der Waals surface area contributed by atoms with Crippen LogP contribution < -0.4 is 5.73 Å². The number of allylic oxidation sites excluding steroid dienone is 2. The molecule has 0 saturated heterocycles. The summed E-state index contributed by atoms with van der Waals surface area (Å²) in [5, 5.41) is 42.7. The lowest BCUT2D eigenvalue weighted by Crippen LogP contribution is -2.57. The Kier molecular flexibility index (Phi) is 5.10. The monoisotopic (exact) mass is 437 g/mol. The van der Waals surface area contributed by atoms with Crippen LogP contribution in [-0.2, 0) is 16.0 Å². The molecule has 166 valence electrons. The van der Waals surface area contributed by atoms with Crippen molar-refractivity contribution in [2.45, 2.75) is 44.6 Å². The second-order valence-corrected chi connectivity index (χ2v) is 8.45. The number of amides is 1. The number of unbranched alkanes of at least 4 members (excludes halogenated alkanes) is 1. The molecule has 0 spiro atoms. The number of aromatic hydroxyl groups is 1. The number of benzene rings is 1. The van der Waals surface area contributed by atoms with E-state index in [9.17, 15) is 34.8 Å². The van der Waals surface area contributed by atoms with Crippen LogP contribution in [0.4, 0.5) is 0 Å². The second-order valence-electron chi connectivity index (χ2n) is 8.45. The minimum Gasteiger partial charge on any atom is -0.511 e. The number of aliphatic hydroxyl groups is 3. The SMILES string of the molecule is CCCC#Cc1ccc(O)c2c1C[C@H]1C[C@H]3CC(O)=C(C(N)=O)C(=O)[C@@]3(O)C(O)=C1C2=O. The number of phenolic OH excluding ortho intramolecular Hbond substituents is 1. The van der Waals surface area contributed by atoms with Gasteiger partial charge in [0.15, 0.2) is 11.4 Å². The normalized spacial score (nSPS) is 26.7. The Balaban J connectivity index is 1.88. The van der Waals surface area contributed by atoms with E-state index < -0.39 is 52.0 Å². The van der Waals surface area contributed by atoms with Gasteiger partial charge in [-0.25, -0.2) is 0 Å². The predicted molar refractivity (Wildman–Crippen MR) is 113 cm³/mol. The first kappa shape index (κ1) is 21.7. The molecule has 0 fully saturated rings. The average molecular weight is 437 g/mol. The first-order valence-electron chi connectivity index (χ1n) is 10.4. The van der Waals surface area contributed by atoms with Gasteiger partial charge in [0.1, 0.15) is 22.8 Å². The number of fused-ring (bicyclic) bond motifs is 3. The summed E-state index contributed by atoms with van der Waals surface area (Å²) >= 11 is 0. The van der Waals surface area contributed by atoms with Crippen LogP contribution in [0.15, 0.2) is 34.8 Å². The molecule has 3 aliphatic carbocycles. The molecule has 1 amide bonds. The van der Waals surface area contributed by atoms with Gasteiger partial charge in [0.25, 0.3) is 5.91 Å². The fraction of sp³-hybridized carbons (Fsp3) is 0.375. The van der Waals surface area contributed by atoms with Gasteiger partial charge in [0.2, 0.25) is 5.78 Å². The van der Waals surface area contributed by atoms with Crippen molar-refractivity contribution in [1.29, 1.82) is 0 Å². The van der Waals surface area contributed by atoms with Crippen molar-refractivity contribution in [2.24, 2.45) is 17.6 Å². The highest BCUT2D eigenvalue weighted by Gasteiger charge is 2.59. The standard InChI is InChI=1S/C24H23NO7/c1-2-3-4-5-11-6-7-15(26)18-14(11)9-12-8-13-10-16(27)19(23(25)31)22(30)24(13,32)21(29)17(12)20(18)28/h6-7,12-13,26-27,29,32H,2-3,8-10H2,1H3,(H2,25,31)/t12-,13+,24+/m1/s1. The lowest BCUT2D eigenvalue weighted by molar-refractivity contribution is -0.144. The number of aliphatic hydroxyl groups excluding tert-OH is 2. The Labute approximate surface area is 184 Å². The summed E-state index contributed by atoms with van der Waals surface area (Å²) in [7, 11) is 0. The van der Waals surface area contributed by atoms with Gasteiger partial charge >= 0.3 is 0 Å². The van der Waals surface area contributed by atoms with E-state index in [-0.39, 0.29) is 36.1 Å². The van der Waals surface area contributed by atoms with E-state index in [2.05, 4.69) is 11.8 Å². The first-order valence-corrected chi connectivity index (χ1v) is 10.4. The lowest BCUT2D eigenvalue weighted by atomic mass is 9.60. The van der Waals surface area contributed by atoms with Crippen molar-refractivity contribution < 1.29 is 34.8 Å². The van der Waals surface area contributed by atoms with Crippen molar-refractivity contribution in [2.75, 3.05) is 0 Å². The Morgan fingerprint density at radius 3 is 2.59 bits per heavy atom. The van der Waals surface area contributed by atoms with E-state index in [1.807, 2.05) is 6.92 Å². The van der Waals surface area contributed by atoms with Crippen LogP contribution in [0.25, 0.3) is 0 Å². The predicted octanol–water partition coefficient (Wildman–Crippen LogP) is 1.73. The largest absolute Gasteiger partial charge is 0.511 e. The van der Waals surface area contributed by atoms with E-state index in [0.29, 0.717) is 17.5 Å². The molecule has 1 aromatic carbocycles. The van der Waals surface area contributed by atoms with Crippen LogP contribution >= 0.6 is 0 Å². The highest BCUT2D eigenvalue weighted by Crippen LogP contribution is 2.51. The molecule has 3 aliphatic rings. The van der Waals surface area contributed by atoms with E-state index in [1.165, 1.54) is 6.07 Å². The van der Waals surface area contributed by atoms with Gasteiger partial charge in [-0.05, 0) is 42.9 Å². The molecule has 0 saturated carbocycles. The number of Topliss-reactive ketones (excluding diaryl/α,β-unsaturated/α-hetero) is 2. The van der Waals surface area contributed by atoms with Crippen molar-refractivity contribution in [3.8, 4) is 17.6 Å². The van der Waals surface area contributed by atoms with Crippen molar-refractivity contribution >= 4 is 17.5 Å². The lowest BCUT2D eigenvalue weighted by Gasteiger charge is -2.45. The molecule has 0 aliphatic heterocycles. The smallest absolute Gasteiger partial charge is 0.255 e. The van der Waals surface area contributed by atoms with Gasteiger partial charge in [-0.3, -0.25) is 14.4 Å². The highest BCUT2D eigenvalue weighted by atomic mass is 16.3. The van der Waals surface area contributed by atoms with Gasteiger partial charge in [-0.1, -0.05) is 18.8 Å². The number of hydrogen-bond donors (Lipinski definition) is 5. The molecule has 0 bridgehead atoms. The van der Waals surface area contributed by atoms with Gasteiger partial charge < -0.3 is 26.2 Å². The van der Waals surface area contributed by atoms with E-state index in [0.717, 1.165) is 6.42 Å². The molecular formula is C24H23NO7. The van der Waals surface area contributed by atoms with E-state index in [1.54, 1.807) is 6.07 Å². The molecule has 6 N–H and O–H groups in total. The molecule has 3 atom stereocenters. The fourth-order valence-corrected chi connectivity index (χ4v) is 5.02. The summed E-state index contributed by atoms with van der Waals surface area (Å²) in [6.45, 7) is 1.99. The van der Waals surface area contributed by atoms with Gasteiger partial charge in [0.05, 0.1) is 5.56 Å². The minimum absolute atomic E-state index is 0.0232. The summed E-state index contributed by atoms with van der Waals surface area (Å²) in [6, 6.07) is 2.98. The van der Waals surface area contributed by atoms with Crippen molar-refractivity contribution in [1.82, 2.24) is 0 Å². The number of primary amides is 1. The van der Waals surface area contributed by atoms with Crippen LogP contribution in [0.2, 0.25) is 0 Å². The number of ketones is 2. The molecule has 0 aromatic heterocycles. The zero-order valence-electron chi connectivity index (χ0n) is 17.4. The van der Waals surface area contributed by atoms with Crippen LogP contribution in [0.1, 0.15) is 54.1 Å². The molecule has 0 heterocycles. The molecular weight excluding hydrogens is 414 g/mol. The number of hydrogen-bond acceptors (Lipinski definition) is 7. The maximum atomic E-state index is 13.4. The Hall–Kier alpha value is -3.57. The summed E-state index contributed by atoms with van der Waals surface area (Å²) in [6.07, 6.45) is 1.64.